The first-order valence-electron chi connectivity index (χ1n) is 17.0. The van der Waals surface area contributed by atoms with Crippen LogP contribution in [0.3, 0.4) is 0 Å². The number of rotatable bonds is 7. The van der Waals surface area contributed by atoms with Crippen molar-refractivity contribution in [3.05, 3.63) is 34.4 Å². The van der Waals surface area contributed by atoms with Gasteiger partial charge in [0.1, 0.15) is 47.6 Å². The van der Waals surface area contributed by atoms with Crippen LogP contribution in [0.5, 0.6) is 11.8 Å². The number of alkyl halides is 1. The molecule has 3 saturated heterocycles. The minimum absolute atomic E-state index is 0.00606. The second-order valence-electron chi connectivity index (χ2n) is 14.0. The summed E-state index contributed by atoms with van der Waals surface area (Å²) in [6, 6.07) is 3.89. The Kier molecular flexibility index (Phi) is 8.62. The highest BCUT2D eigenvalue weighted by Crippen LogP contribution is 2.51. The summed E-state index contributed by atoms with van der Waals surface area (Å²) in [5.74, 6) is -0.840. The van der Waals surface area contributed by atoms with Gasteiger partial charge in [-0.15, -0.1) is 11.3 Å². The summed E-state index contributed by atoms with van der Waals surface area (Å²) in [6.45, 7) is 5.05. The Labute approximate surface area is 295 Å². The first kappa shape index (κ1) is 33.5. The van der Waals surface area contributed by atoms with Gasteiger partial charge in [-0.05, 0) is 69.8 Å². The van der Waals surface area contributed by atoms with Crippen molar-refractivity contribution in [2.24, 2.45) is 5.92 Å². The van der Waals surface area contributed by atoms with Gasteiger partial charge in [0.05, 0.1) is 38.4 Å². The lowest BCUT2D eigenvalue weighted by Gasteiger charge is -2.37. The van der Waals surface area contributed by atoms with Crippen molar-refractivity contribution in [2.45, 2.75) is 62.9 Å². The third-order valence-electron chi connectivity index (χ3n) is 10.9. The Morgan fingerprint density at radius 2 is 2.14 bits per heavy atom. The van der Waals surface area contributed by atoms with E-state index < -0.39 is 35.5 Å². The van der Waals surface area contributed by atoms with Crippen molar-refractivity contribution in [1.82, 2.24) is 20.2 Å². The Hall–Kier alpha value is -3.61. The molecule has 0 radical (unpaired) electrons. The molecule has 4 aliphatic rings. The molecule has 15 heteroatoms. The number of aromatic nitrogens is 2. The number of nitrogens with zero attached hydrogens (tertiary/aromatic N) is 5. The van der Waals surface area contributed by atoms with E-state index in [1.54, 1.807) is 6.92 Å². The number of fused-ring (bicyclic) bond motifs is 2. The molecule has 0 saturated carbocycles. The van der Waals surface area contributed by atoms with Gasteiger partial charge < -0.3 is 30.5 Å². The van der Waals surface area contributed by atoms with Crippen LogP contribution in [0.2, 0.25) is 5.02 Å². The van der Waals surface area contributed by atoms with E-state index in [-0.39, 0.29) is 78.6 Å². The molecule has 3 unspecified atom stereocenters. The summed E-state index contributed by atoms with van der Waals surface area (Å²) in [7, 11) is 0. The first-order valence-corrected chi connectivity index (χ1v) is 18.2. The molecular weight excluding hydrogens is 691 g/mol. The molecule has 4 aliphatic heterocycles. The summed E-state index contributed by atoms with van der Waals surface area (Å²) >= 11 is 7.98. The Bertz CT molecular complexity index is 2040. The fourth-order valence-corrected chi connectivity index (χ4v) is 9.71. The number of nitrogens with two attached hydrogens (primary N) is 1. The van der Waals surface area contributed by atoms with Crippen LogP contribution in [0.4, 0.5) is 24.0 Å². The van der Waals surface area contributed by atoms with E-state index in [9.17, 15) is 14.8 Å². The second kappa shape index (κ2) is 12.9. The van der Waals surface area contributed by atoms with Gasteiger partial charge in [0.2, 0.25) is 0 Å². The van der Waals surface area contributed by atoms with Gasteiger partial charge in [-0.1, -0.05) is 17.7 Å². The molecular formula is C35H37ClF3N7O3S. The molecule has 6 heterocycles. The molecule has 0 bridgehead atoms. The van der Waals surface area contributed by atoms with Crippen LogP contribution < -0.4 is 25.4 Å². The van der Waals surface area contributed by atoms with Crippen LogP contribution in [0.25, 0.3) is 32.1 Å². The Morgan fingerprint density at radius 1 is 1.30 bits per heavy atom. The van der Waals surface area contributed by atoms with Gasteiger partial charge in [-0.2, -0.15) is 15.2 Å². The number of nitrogens with one attached hydrogen (secondary N) is 1. The molecule has 50 heavy (non-hydrogen) atoms. The number of halogens is 4. The van der Waals surface area contributed by atoms with Gasteiger partial charge in [0.15, 0.2) is 11.6 Å². The van der Waals surface area contributed by atoms with Crippen molar-refractivity contribution in [1.29, 1.82) is 5.26 Å². The highest BCUT2D eigenvalue weighted by molar-refractivity contribution is 7.23. The minimum atomic E-state index is -0.966. The van der Waals surface area contributed by atoms with Gasteiger partial charge in [0, 0.05) is 30.5 Å². The monoisotopic (exact) mass is 727 g/mol. The number of ether oxygens (including phenoxy) is 2. The smallest absolute Gasteiger partial charge is 0.319 e. The second-order valence-corrected chi connectivity index (χ2v) is 15.4. The molecule has 4 aromatic rings. The molecule has 10 nitrogen and oxygen atoms in total. The maximum Gasteiger partial charge on any atom is 0.319 e. The third-order valence-corrected chi connectivity index (χ3v) is 12.2. The number of nitrogen functional groups attached to an aromatic ring is 1. The van der Waals surface area contributed by atoms with E-state index >= 15 is 8.78 Å². The molecule has 0 spiro atoms. The van der Waals surface area contributed by atoms with Gasteiger partial charge >= 0.3 is 6.01 Å². The van der Waals surface area contributed by atoms with Crippen LogP contribution in [0.1, 0.15) is 44.6 Å². The van der Waals surface area contributed by atoms with E-state index in [1.807, 2.05) is 11.0 Å². The minimum Gasteiger partial charge on any atom is -0.489 e. The highest BCUT2D eigenvalue weighted by Gasteiger charge is 2.49. The van der Waals surface area contributed by atoms with E-state index in [0.717, 1.165) is 56.7 Å². The predicted octanol–water partition coefficient (Wildman–Crippen LogP) is 5.80. The molecule has 264 valence electrons. The Balaban J connectivity index is 1.35. The lowest BCUT2D eigenvalue weighted by atomic mass is 9.95. The van der Waals surface area contributed by atoms with Crippen molar-refractivity contribution in [3.8, 4) is 29.0 Å². The zero-order chi connectivity index (χ0) is 34.9. The number of anilines is 2. The van der Waals surface area contributed by atoms with E-state index in [2.05, 4.69) is 15.2 Å². The van der Waals surface area contributed by atoms with E-state index in [4.69, 9.17) is 31.8 Å². The number of benzene rings is 2. The zero-order valence-electron chi connectivity index (χ0n) is 27.4. The number of hydrogen-bond acceptors (Lipinski definition) is 11. The van der Waals surface area contributed by atoms with Gasteiger partial charge in [0.25, 0.3) is 0 Å². The van der Waals surface area contributed by atoms with E-state index in [0.29, 0.717) is 25.3 Å². The zero-order valence-corrected chi connectivity index (χ0v) is 29.0. The molecule has 2 aromatic heterocycles. The Morgan fingerprint density at radius 3 is 2.90 bits per heavy atom. The molecule has 2 aromatic carbocycles. The summed E-state index contributed by atoms with van der Waals surface area (Å²) in [6.07, 6.45) is 2.09. The molecule has 4 N–H and O–H groups in total. The SMILES string of the molecule is CC(O)C1COc2c(Cl)c(-c3ccc(F)c4sc(N)c(C#N)c34)c(F)c3nc(OC[C@@]45CCCN4C[C@H](F)C5)nc(c23)N1CC1CCCNC1. The fourth-order valence-electron chi connectivity index (χ4n) is 8.43. The summed E-state index contributed by atoms with van der Waals surface area (Å²) in [4.78, 5) is 13.5. The average Bonchev–Trinajstić information content (AvgIpc) is 3.71. The summed E-state index contributed by atoms with van der Waals surface area (Å²) in [5, 5.41) is 24.9. The number of hydrogen-bond donors (Lipinski definition) is 3. The van der Waals surface area contributed by atoms with Gasteiger partial charge in [-0.3, -0.25) is 4.90 Å². The van der Waals surface area contributed by atoms with Crippen molar-refractivity contribution < 1.29 is 27.8 Å². The predicted molar refractivity (Wildman–Crippen MR) is 187 cm³/mol. The molecule has 3 fully saturated rings. The van der Waals surface area contributed by atoms with Crippen LogP contribution in [0.15, 0.2) is 12.1 Å². The third kappa shape index (κ3) is 5.40. The fraction of sp³-hybridized carbons (Fsp3) is 0.514. The maximum atomic E-state index is 17.3. The van der Waals surface area contributed by atoms with Crippen molar-refractivity contribution >= 4 is 54.7 Å². The topological polar surface area (TPSA) is 133 Å². The molecule has 5 atom stereocenters. The lowest BCUT2D eigenvalue weighted by molar-refractivity contribution is 0.107. The molecule has 8 rings (SSSR count). The number of nitriles is 1. The number of piperidine rings is 1. The van der Waals surface area contributed by atoms with Crippen LogP contribution >= 0.6 is 22.9 Å². The first-order chi connectivity index (χ1) is 24.1. The largest absolute Gasteiger partial charge is 0.489 e. The summed E-state index contributed by atoms with van der Waals surface area (Å²) < 4.78 is 59.8. The number of aliphatic hydroxyl groups excluding tert-OH is 1. The van der Waals surface area contributed by atoms with Crippen molar-refractivity contribution in [2.75, 3.05) is 56.6 Å². The summed E-state index contributed by atoms with van der Waals surface area (Å²) in [5.41, 5.74) is 5.49. The highest BCUT2D eigenvalue weighted by atomic mass is 35.5. The van der Waals surface area contributed by atoms with Crippen molar-refractivity contribution in [3.63, 3.8) is 0 Å². The van der Waals surface area contributed by atoms with Gasteiger partial charge in [-0.25, -0.2) is 13.2 Å². The molecule has 0 aliphatic carbocycles. The normalized spacial score (nSPS) is 25.8. The number of thiophene rings is 1. The van der Waals surface area contributed by atoms with E-state index in [1.165, 1.54) is 12.1 Å². The van der Waals surface area contributed by atoms with Crippen LogP contribution in [-0.2, 0) is 0 Å². The average molecular weight is 728 g/mol. The standard InChI is InChI=1S/C35H37ClF3N7O3S/c1-17(47)23-15-48-30-26-29(28(39)25(27(30)36)20-5-6-22(38)31-24(20)21(11-40)32(41)50-31)43-34(44-33(26)46(23)13-18-4-2-8-42-12-18)49-16-35-7-3-9-45(35)14-19(37)10-35/h5-6,17-19,23,42,47H,2-4,7-10,12-16,41H2,1H3/t17?,18?,19-,23?,35+/m1/s1. The quantitative estimate of drug-likeness (QED) is 0.215. The van der Waals surface area contributed by atoms with Crippen LogP contribution in [-0.4, -0.2) is 89.8 Å². The molecule has 0 amide bonds. The lowest BCUT2D eigenvalue weighted by Crippen LogP contribution is -2.50. The maximum absolute atomic E-state index is 17.3. The number of aliphatic hydroxyl groups is 1. The van der Waals surface area contributed by atoms with Crippen LogP contribution in [0, 0.1) is 28.9 Å².